The van der Waals surface area contributed by atoms with Crippen LogP contribution in [0.15, 0.2) is 53.4 Å². The largest absolute Gasteiger partial charge is 0.494 e. The maximum atomic E-state index is 12.8. The van der Waals surface area contributed by atoms with E-state index in [1.165, 1.54) is 32.1 Å². The van der Waals surface area contributed by atoms with Crippen LogP contribution in [0.1, 0.15) is 44.6 Å². The molecule has 0 heterocycles. The summed E-state index contributed by atoms with van der Waals surface area (Å²) >= 11 is 0. The fourth-order valence-corrected chi connectivity index (χ4v) is 4.86. The first-order valence-corrected chi connectivity index (χ1v) is 11.5. The third kappa shape index (κ3) is 5.26. The van der Waals surface area contributed by atoms with Crippen LogP contribution in [0, 0.1) is 0 Å². The summed E-state index contributed by atoms with van der Waals surface area (Å²) < 4.78 is 33.8. The number of hydrogen-bond acceptors (Lipinski definition) is 4. The third-order valence-corrected chi connectivity index (χ3v) is 6.71. The van der Waals surface area contributed by atoms with Crippen molar-refractivity contribution in [3.63, 3.8) is 0 Å². The van der Waals surface area contributed by atoms with Crippen LogP contribution in [-0.2, 0) is 16.6 Å². The zero-order chi connectivity index (χ0) is 20.0. The summed E-state index contributed by atoms with van der Waals surface area (Å²) in [5.74, 6) is 0.663. The number of nitrogens with zero attached hydrogens (tertiary/aromatic N) is 1. The maximum absolute atomic E-state index is 12.8. The Balaban J connectivity index is 1.74. The molecular formula is C22H30N2O3S. The lowest BCUT2D eigenvalue weighted by Gasteiger charge is -2.31. The number of rotatable bonds is 8. The van der Waals surface area contributed by atoms with Crippen molar-refractivity contribution in [1.29, 1.82) is 0 Å². The molecule has 28 heavy (non-hydrogen) atoms. The highest BCUT2D eigenvalue weighted by molar-refractivity contribution is 7.92. The van der Waals surface area contributed by atoms with E-state index < -0.39 is 10.0 Å². The van der Waals surface area contributed by atoms with Crippen molar-refractivity contribution in [2.24, 2.45) is 0 Å². The fraction of sp³-hybridized carbons (Fsp3) is 0.455. The van der Waals surface area contributed by atoms with Gasteiger partial charge in [-0.2, -0.15) is 0 Å². The summed E-state index contributed by atoms with van der Waals surface area (Å²) in [6.45, 7) is 3.17. The summed E-state index contributed by atoms with van der Waals surface area (Å²) in [4.78, 5) is 2.58. The van der Waals surface area contributed by atoms with Crippen LogP contribution in [0.25, 0.3) is 0 Å². The molecule has 0 atom stereocenters. The summed E-state index contributed by atoms with van der Waals surface area (Å²) in [6.07, 6.45) is 6.32. The monoisotopic (exact) mass is 402 g/mol. The average Bonchev–Trinajstić information content (AvgIpc) is 2.70. The molecule has 0 aliphatic heterocycles. The lowest BCUT2D eigenvalue weighted by atomic mass is 9.94. The van der Waals surface area contributed by atoms with E-state index in [-0.39, 0.29) is 4.90 Å². The highest BCUT2D eigenvalue weighted by Crippen LogP contribution is 2.26. The molecule has 1 fully saturated rings. The Bertz CT molecular complexity index is 860. The molecule has 1 aliphatic carbocycles. The van der Waals surface area contributed by atoms with Gasteiger partial charge >= 0.3 is 0 Å². The van der Waals surface area contributed by atoms with Crippen LogP contribution in [0.3, 0.4) is 0 Å². The van der Waals surface area contributed by atoms with Crippen LogP contribution < -0.4 is 9.46 Å². The molecule has 5 nitrogen and oxygen atoms in total. The summed E-state index contributed by atoms with van der Waals surface area (Å²) in [7, 11) is -1.52. The number of para-hydroxylation sites is 1. The highest BCUT2D eigenvalue weighted by atomic mass is 32.2. The van der Waals surface area contributed by atoms with E-state index in [2.05, 4.69) is 16.7 Å². The molecule has 0 bridgehead atoms. The highest BCUT2D eigenvalue weighted by Gasteiger charge is 2.20. The van der Waals surface area contributed by atoms with Gasteiger partial charge in [0, 0.05) is 12.6 Å². The molecule has 3 rings (SSSR count). The summed E-state index contributed by atoms with van der Waals surface area (Å²) in [5.41, 5.74) is 1.63. The first kappa shape index (κ1) is 20.7. The van der Waals surface area contributed by atoms with Crippen molar-refractivity contribution in [3.8, 4) is 5.75 Å². The average molecular weight is 403 g/mol. The quantitative estimate of drug-likeness (QED) is 0.698. The summed E-state index contributed by atoms with van der Waals surface area (Å²) in [5, 5.41) is 0. The second-order valence-corrected chi connectivity index (χ2v) is 9.06. The molecule has 0 amide bonds. The molecule has 2 aromatic rings. The number of sulfonamides is 1. The van der Waals surface area contributed by atoms with Crippen molar-refractivity contribution in [2.75, 3.05) is 18.4 Å². The molecule has 2 aromatic carbocycles. The Morgan fingerprint density at radius 2 is 1.71 bits per heavy atom. The van der Waals surface area contributed by atoms with Crippen LogP contribution >= 0.6 is 0 Å². The number of benzene rings is 2. The zero-order valence-electron chi connectivity index (χ0n) is 16.7. The van der Waals surface area contributed by atoms with Gasteiger partial charge in [0.25, 0.3) is 10.0 Å². The van der Waals surface area contributed by atoms with E-state index in [0.717, 1.165) is 12.1 Å². The van der Waals surface area contributed by atoms with Gasteiger partial charge in [0.05, 0.1) is 17.2 Å². The van der Waals surface area contributed by atoms with Gasteiger partial charge in [0.2, 0.25) is 0 Å². The minimum Gasteiger partial charge on any atom is -0.494 e. The van der Waals surface area contributed by atoms with Crippen molar-refractivity contribution in [3.05, 3.63) is 54.1 Å². The number of ether oxygens (including phenoxy) is 1. The van der Waals surface area contributed by atoms with Crippen LogP contribution in [0.5, 0.6) is 5.75 Å². The second kappa shape index (κ2) is 9.43. The third-order valence-electron chi connectivity index (χ3n) is 5.32. The lowest BCUT2D eigenvalue weighted by Crippen LogP contribution is -2.33. The van der Waals surface area contributed by atoms with E-state index in [9.17, 15) is 8.42 Å². The van der Waals surface area contributed by atoms with Crippen LogP contribution in [0.2, 0.25) is 0 Å². The van der Waals surface area contributed by atoms with E-state index in [4.69, 9.17) is 4.74 Å². The molecular weight excluding hydrogens is 372 g/mol. The minimum atomic E-state index is -3.65. The van der Waals surface area contributed by atoms with Crippen molar-refractivity contribution in [1.82, 2.24) is 4.90 Å². The first-order valence-electron chi connectivity index (χ1n) is 10.0. The fourth-order valence-electron chi connectivity index (χ4n) is 3.76. The topological polar surface area (TPSA) is 58.6 Å². The van der Waals surface area contributed by atoms with Crippen molar-refractivity contribution in [2.45, 2.75) is 56.5 Å². The van der Waals surface area contributed by atoms with Gasteiger partial charge in [-0.1, -0.05) is 37.5 Å². The number of anilines is 1. The standard InChI is InChI=1S/C22H30N2O3S/c1-3-27-20-13-15-21(16-14-20)28(25,26)23-22-12-8-7-9-18(22)17-24(2)19-10-5-4-6-11-19/h7-9,12-16,19,23H,3-6,10-11,17H2,1-2H3. The normalized spacial score (nSPS) is 15.5. The predicted molar refractivity (Wildman–Crippen MR) is 113 cm³/mol. The molecule has 152 valence electrons. The Labute approximate surface area is 168 Å². The van der Waals surface area contributed by atoms with Crippen molar-refractivity contribution < 1.29 is 13.2 Å². The van der Waals surface area contributed by atoms with Gasteiger partial charge in [0.1, 0.15) is 5.75 Å². The number of hydrogen-bond donors (Lipinski definition) is 1. The molecule has 1 N–H and O–H groups in total. The summed E-state index contributed by atoms with van der Waals surface area (Å²) in [6, 6.07) is 14.7. The Hall–Kier alpha value is -2.05. The minimum absolute atomic E-state index is 0.228. The van der Waals surface area contributed by atoms with E-state index in [0.29, 0.717) is 24.1 Å². The molecule has 0 unspecified atom stereocenters. The molecule has 0 aromatic heterocycles. The molecule has 0 saturated heterocycles. The molecule has 0 radical (unpaired) electrons. The zero-order valence-corrected chi connectivity index (χ0v) is 17.5. The van der Waals surface area contributed by atoms with Gasteiger partial charge in [0.15, 0.2) is 0 Å². The lowest BCUT2D eigenvalue weighted by molar-refractivity contribution is 0.185. The first-order chi connectivity index (χ1) is 13.5. The Morgan fingerprint density at radius 1 is 1.04 bits per heavy atom. The van der Waals surface area contributed by atoms with Gasteiger partial charge in [-0.15, -0.1) is 0 Å². The smallest absolute Gasteiger partial charge is 0.261 e. The molecule has 1 aliphatic rings. The second-order valence-electron chi connectivity index (χ2n) is 7.37. The van der Waals surface area contributed by atoms with Crippen LogP contribution in [-0.4, -0.2) is 33.0 Å². The SMILES string of the molecule is CCOc1ccc(S(=O)(=O)Nc2ccccc2CN(C)C2CCCCC2)cc1. The van der Waals surface area contributed by atoms with Gasteiger partial charge in [-0.05, 0) is 62.7 Å². The Kier molecular flexibility index (Phi) is 6.97. The molecule has 6 heteroatoms. The van der Waals surface area contributed by atoms with Crippen molar-refractivity contribution >= 4 is 15.7 Å². The molecule has 0 spiro atoms. The maximum Gasteiger partial charge on any atom is 0.261 e. The predicted octanol–water partition coefficient (Wildman–Crippen LogP) is 4.65. The van der Waals surface area contributed by atoms with Gasteiger partial charge in [-0.3, -0.25) is 9.62 Å². The van der Waals surface area contributed by atoms with Gasteiger partial charge in [-0.25, -0.2) is 8.42 Å². The Morgan fingerprint density at radius 3 is 2.39 bits per heavy atom. The van der Waals surface area contributed by atoms with E-state index in [1.54, 1.807) is 24.3 Å². The van der Waals surface area contributed by atoms with Crippen LogP contribution in [0.4, 0.5) is 5.69 Å². The number of nitrogens with one attached hydrogen (secondary N) is 1. The van der Waals surface area contributed by atoms with Gasteiger partial charge < -0.3 is 4.74 Å². The van der Waals surface area contributed by atoms with E-state index in [1.807, 2.05) is 31.2 Å². The van der Waals surface area contributed by atoms with E-state index >= 15 is 0 Å². The molecule has 1 saturated carbocycles.